The minimum atomic E-state index is 0.917. The lowest BCUT2D eigenvalue weighted by atomic mass is 9.85. The Labute approximate surface area is 268 Å². The average molecular weight is 591 g/mol. The van der Waals surface area contributed by atoms with Gasteiger partial charge in [0.15, 0.2) is 0 Å². The third kappa shape index (κ3) is 5.00. The van der Waals surface area contributed by atoms with E-state index < -0.39 is 0 Å². The van der Waals surface area contributed by atoms with Crippen LogP contribution in [0.1, 0.15) is 11.1 Å². The Morgan fingerprint density at radius 2 is 0.739 bits per heavy atom. The van der Waals surface area contributed by atoms with Crippen molar-refractivity contribution in [2.45, 2.75) is 13.8 Å². The number of rotatable bonds is 5. The number of hydrogen-bond acceptors (Lipinski definition) is 4. The molecular formula is C42H30N4. The SMILES string of the molecule is Cc1c(-c2cc3ccccc3cn2)cc(-c2ccccn2)cc1-c1cc(-c2ccccn2)cc(-c2cc3ccccc3cn2)c1C. The normalized spacial score (nSPS) is 11.3. The topological polar surface area (TPSA) is 51.6 Å². The fraction of sp³-hybridized carbons (Fsp3) is 0.0476. The van der Waals surface area contributed by atoms with Crippen molar-refractivity contribution in [2.24, 2.45) is 0 Å². The van der Waals surface area contributed by atoms with Crippen molar-refractivity contribution in [3.05, 3.63) is 157 Å². The number of benzene rings is 4. The lowest BCUT2D eigenvalue weighted by Crippen LogP contribution is -1.98. The van der Waals surface area contributed by atoms with Crippen molar-refractivity contribution in [3.8, 4) is 56.2 Å². The Morgan fingerprint density at radius 3 is 1.15 bits per heavy atom. The fourth-order valence-corrected chi connectivity index (χ4v) is 6.34. The van der Waals surface area contributed by atoms with Crippen molar-refractivity contribution in [1.82, 2.24) is 19.9 Å². The van der Waals surface area contributed by atoms with E-state index in [0.717, 1.165) is 88.8 Å². The summed E-state index contributed by atoms with van der Waals surface area (Å²) < 4.78 is 0. The Kier molecular flexibility index (Phi) is 6.88. The Bertz CT molecular complexity index is 2210. The zero-order chi connectivity index (χ0) is 31.0. The molecule has 0 fully saturated rings. The monoisotopic (exact) mass is 590 g/mol. The molecule has 4 heteroatoms. The maximum absolute atomic E-state index is 4.95. The van der Waals surface area contributed by atoms with E-state index in [1.165, 1.54) is 0 Å². The summed E-state index contributed by atoms with van der Waals surface area (Å²) in [5.41, 5.74) is 12.5. The van der Waals surface area contributed by atoms with Crippen LogP contribution in [0.5, 0.6) is 0 Å². The van der Waals surface area contributed by atoms with Crippen LogP contribution in [0.4, 0.5) is 0 Å². The van der Waals surface area contributed by atoms with E-state index in [1.807, 2.05) is 61.2 Å². The van der Waals surface area contributed by atoms with Crippen LogP contribution in [-0.2, 0) is 0 Å². The molecule has 4 aromatic heterocycles. The van der Waals surface area contributed by atoms with Crippen molar-refractivity contribution < 1.29 is 0 Å². The zero-order valence-corrected chi connectivity index (χ0v) is 25.6. The van der Waals surface area contributed by atoms with Gasteiger partial charge in [0.2, 0.25) is 0 Å². The summed E-state index contributed by atoms with van der Waals surface area (Å²) in [5, 5.41) is 4.57. The summed E-state index contributed by atoms with van der Waals surface area (Å²) in [6, 6.07) is 42.2. The largest absolute Gasteiger partial charge is 0.256 e. The third-order valence-electron chi connectivity index (χ3n) is 8.84. The van der Waals surface area contributed by atoms with Gasteiger partial charge in [-0.25, -0.2) is 0 Å². The molecule has 0 bridgehead atoms. The molecule has 0 saturated heterocycles. The highest BCUT2D eigenvalue weighted by atomic mass is 14.7. The van der Waals surface area contributed by atoms with Crippen molar-refractivity contribution >= 4 is 21.5 Å². The lowest BCUT2D eigenvalue weighted by molar-refractivity contribution is 1.29. The Balaban J connectivity index is 1.41. The minimum Gasteiger partial charge on any atom is -0.256 e. The van der Waals surface area contributed by atoms with Gasteiger partial charge in [-0.05, 0) is 108 Å². The first-order valence-corrected chi connectivity index (χ1v) is 15.5. The summed E-state index contributed by atoms with van der Waals surface area (Å²) in [6.07, 6.45) is 7.62. The molecule has 218 valence electrons. The van der Waals surface area contributed by atoms with Gasteiger partial charge in [-0.1, -0.05) is 60.7 Å². The third-order valence-corrected chi connectivity index (χ3v) is 8.84. The lowest BCUT2D eigenvalue weighted by Gasteiger charge is -2.20. The number of pyridine rings is 4. The summed E-state index contributed by atoms with van der Waals surface area (Å²) >= 11 is 0. The summed E-state index contributed by atoms with van der Waals surface area (Å²) in [4.78, 5) is 19.4. The molecule has 0 amide bonds. The second-order valence-electron chi connectivity index (χ2n) is 11.7. The van der Waals surface area contributed by atoms with Gasteiger partial charge in [0.1, 0.15) is 0 Å². The van der Waals surface area contributed by atoms with E-state index in [4.69, 9.17) is 19.9 Å². The molecule has 4 nitrogen and oxygen atoms in total. The molecule has 0 radical (unpaired) electrons. The van der Waals surface area contributed by atoms with E-state index in [9.17, 15) is 0 Å². The molecule has 0 saturated carbocycles. The highest BCUT2D eigenvalue weighted by Crippen LogP contribution is 2.42. The smallest absolute Gasteiger partial charge is 0.0711 e. The standard InChI is InChI=1S/C42H30N4/c1-27-35(19-33(39-15-7-9-17-43-39)21-37(27)41-23-29-11-3-5-13-31(29)25-45-41)36-20-34(40-16-8-10-18-44-40)22-38(28(36)2)42-24-30-12-4-6-14-32(30)26-46-42/h3-26H,1-2H3. The van der Waals surface area contributed by atoms with E-state index in [2.05, 4.69) is 98.8 Å². The summed E-state index contributed by atoms with van der Waals surface area (Å²) in [6.45, 7) is 4.40. The second kappa shape index (κ2) is 11.5. The number of aromatic nitrogens is 4. The molecule has 46 heavy (non-hydrogen) atoms. The van der Waals surface area contributed by atoms with Crippen molar-refractivity contribution in [1.29, 1.82) is 0 Å². The van der Waals surface area contributed by atoms with Gasteiger partial charge in [-0.3, -0.25) is 19.9 Å². The molecule has 0 spiro atoms. The maximum Gasteiger partial charge on any atom is 0.0711 e. The van der Waals surface area contributed by atoms with E-state index in [0.29, 0.717) is 0 Å². The highest BCUT2D eigenvalue weighted by Gasteiger charge is 2.19. The Morgan fingerprint density at radius 1 is 0.348 bits per heavy atom. The predicted octanol–water partition coefficient (Wildman–Crippen LogP) is 10.5. The molecular weight excluding hydrogens is 560 g/mol. The van der Waals surface area contributed by atoms with Crippen molar-refractivity contribution in [3.63, 3.8) is 0 Å². The molecule has 0 aliphatic heterocycles. The molecule has 0 aliphatic carbocycles. The first-order chi connectivity index (χ1) is 22.6. The number of hydrogen-bond donors (Lipinski definition) is 0. The van der Waals surface area contributed by atoms with E-state index in [-0.39, 0.29) is 0 Å². The molecule has 8 rings (SSSR count). The van der Waals surface area contributed by atoms with Crippen LogP contribution in [-0.4, -0.2) is 19.9 Å². The molecule has 4 aromatic carbocycles. The maximum atomic E-state index is 4.95. The quantitative estimate of drug-likeness (QED) is 0.200. The summed E-state index contributed by atoms with van der Waals surface area (Å²) in [7, 11) is 0. The zero-order valence-electron chi connectivity index (χ0n) is 25.6. The average Bonchev–Trinajstić information content (AvgIpc) is 3.12. The fourth-order valence-electron chi connectivity index (χ4n) is 6.34. The van der Waals surface area contributed by atoms with Crippen LogP contribution in [0.3, 0.4) is 0 Å². The number of fused-ring (bicyclic) bond motifs is 2. The molecule has 4 heterocycles. The van der Waals surface area contributed by atoms with E-state index >= 15 is 0 Å². The van der Waals surface area contributed by atoms with Gasteiger partial charge in [0, 0.05) is 57.8 Å². The second-order valence-corrected chi connectivity index (χ2v) is 11.7. The molecule has 0 N–H and O–H groups in total. The van der Waals surface area contributed by atoms with Gasteiger partial charge in [0.25, 0.3) is 0 Å². The first kappa shape index (κ1) is 27.5. The minimum absolute atomic E-state index is 0.917. The number of nitrogens with zero attached hydrogens (tertiary/aromatic N) is 4. The molecule has 0 unspecified atom stereocenters. The van der Waals surface area contributed by atoms with Gasteiger partial charge in [-0.15, -0.1) is 0 Å². The predicted molar refractivity (Wildman–Crippen MR) is 189 cm³/mol. The van der Waals surface area contributed by atoms with Crippen LogP contribution >= 0.6 is 0 Å². The van der Waals surface area contributed by atoms with Gasteiger partial charge < -0.3 is 0 Å². The van der Waals surface area contributed by atoms with Crippen molar-refractivity contribution in [2.75, 3.05) is 0 Å². The van der Waals surface area contributed by atoms with Gasteiger partial charge in [0.05, 0.1) is 22.8 Å². The molecule has 0 aliphatic rings. The highest BCUT2D eigenvalue weighted by molar-refractivity contribution is 5.93. The van der Waals surface area contributed by atoms with Crippen LogP contribution in [0.15, 0.2) is 146 Å². The summed E-state index contributed by atoms with van der Waals surface area (Å²) in [5.74, 6) is 0. The molecule has 0 atom stereocenters. The molecule has 8 aromatic rings. The Hall–Kier alpha value is -6.00. The van der Waals surface area contributed by atoms with Crippen LogP contribution in [0.25, 0.3) is 77.7 Å². The van der Waals surface area contributed by atoms with Gasteiger partial charge in [-0.2, -0.15) is 0 Å². The van der Waals surface area contributed by atoms with Crippen LogP contribution in [0.2, 0.25) is 0 Å². The van der Waals surface area contributed by atoms with Crippen LogP contribution in [0, 0.1) is 13.8 Å². The van der Waals surface area contributed by atoms with Gasteiger partial charge >= 0.3 is 0 Å². The van der Waals surface area contributed by atoms with E-state index in [1.54, 1.807) is 0 Å². The first-order valence-electron chi connectivity index (χ1n) is 15.5. The van der Waals surface area contributed by atoms with Crippen LogP contribution < -0.4 is 0 Å².